The number of nitrogens with zero attached hydrogens (tertiary/aromatic N) is 4. The van der Waals surface area contributed by atoms with Crippen LogP contribution in [-0.4, -0.2) is 51.4 Å². The highest BCUT2D eigenvalue weighted by Crippen LogP contribution is 2.22. The number of benzene rings is 1. The quantitative estimate of drug-likeness (QED) is 0.417. The lowest BCUT2D eigenvalue weighted by atomic mass is 10.2. The first-order valence-electron chi connectivity index (χ1n) is 10.6. The Balaban J connectivity index is 1.50. The molecular formula is C23H23N7O3. The number of amides is 1. The lowest BCUT2D eigenvalue weighted by molar-refractivity contribution is 0.0923. The Morgan fingerprint density at radius 3 is 2.76 bits per heavy atom. The fourth-order valence-corrected chi connectivity index (χ4v) is 3.80. The van der Waals surface area contributed by atoms with Crippen LogP contribution in [0.3, 0.4) is 0 Å². The fraction of sp³-hybridized carbons (Fsp3) is 0.217. The standard InChI is InChI=1S/C23H23N7O3/c1-24-18-12-20(27-17-8-5-10-29(23(17)32)16-6-3-2-4-7-16)28-30-19(13-25-21(18)30)22(31)26-15-9-11-33-14-15/h2-8,10,12-13,15,24H,9,11,14H2,1H3,(H,26,31)(H,27,28). The smallest absolute Gasteiger partial charge is 0.278 e. The number of pyridine rings is 1. The summed E-state index contributed by atoms with van der Waals surface area (Å²) < 4.78 is 8.36. The highest BCUT2D eigenvalue weighted by atomic mass is 16.5. The third-order valence-electron chi connectivity index (χ3n) is 5.48. The first-order chi connectivity index (χ1) is 16.1. The topological polar surface area (TPSA) is 115 Å². The molecule has 10 nitrogen and oxygen atoms in total. The van der Waals surface area contributed by atoms with Crippen molar-refractivity contribution >= 4 is 28.7 Å². The van der Waals surface area contributed by atoms with Crippen LogP contribution in [0.15, 0.2) is 65.7 Å². The molecule has 3 N–H and O–H groups in total. The fourth-order valence-electron chi connectivity index (χ4n) is 3.80. The van der Waals surface area contributed by atoms with Crippen molar-refractivity contribution in [3.8, 4) is 5.69 Å². The minimum atomic E-state index is -0.282. The average Bonchev–Trinajstić information content (AvgIpc) is 3.50. The van der Waals surface area contributed by atoms with E-state index in [9.17, 15) is 9.59 Å². The van der Waals surface area contributed by atoms with Crippen LogP contribution in [0.2, 0.25) is 0 Å². The maximum absolute atomic E-state index is 13.1. The minimum Gasteiger partial charge on any atom is -0.385 e. The van der Waals surface area contributed by atoms with E-state index in [1.165, 1.54) is 10.7 Å². The van der Waals surface area contributed by atoms with E-state index in [0.717, 1.165) is 12.1 Å². The van der Waals surface area contributed by atoms with Crippen molar-refractivity contribution in [2.24, 2.45) is 0 Å². The third kappa shape index (κ3) is 4.03. The van der Waals surface area contributed by atoms with Gasteiger partial charge in [-0.2, -0.15) is 0 Å². The highest BCUT2D eigenvalue weighted by molar-refractivity contribution is 5.94. The number of imidazole rings is 1. The zero-order valence-electron chi connectivity index (χ0n) is 18.0. The summed E-state index contributed by atoms with van der Waals surface area (Å²) in [6.07, 6.45) is 3.97. The molecule has 1 amide bonds. The van der Waals surface area contributed by atoms with Gasteiger partial charge in [0.15, 0.2) is 17.2 Å². The number of nitrogens with one attached hydrogen (secondary N) is 3. The monoisotopic (exact) mass is 445 g/mol. The van der Waals surface area contributed by atoms with Crippen LogP contribution >= 0.6 is 0 Å². The number of rotatable bonds is 6. The molecule has 0 spiro atoms. The zero-order chi connectivity index (χ0) is 22.8. The largest absolute Gasteiger partial charge is 0.385 e. The van der Waals surface area contributed by atoms with E-state index >= 15 is 0 Å². The first kappa shape index (κ1) is 20.7. The van der Waals surface area contributed by atoms with Gasteiger partial charge in [-0.1, -0.05) is 18.2 Å². The van der Waals surface area contributed by atoms with Crippen LogP contribution in [0.5, 0.6) is 0 Å². The lowest BCUT2D eigenvalue weighted by Gasteiger charge is -2.13. The molecular weight excluding hydrogens is 422 g/mol. The van der Waals surface area contributed by atoms with Gasteiger partial charge in [-0.25, -0.2) is 9.50 Å². The number of carbonyl (C=O) groups is 1. The molecule has 1 aromatic carbocycles. The van der Waals surface area contributed by atoms with Crippen LogP contribution in [0.4, 0.5) is 17.2 Å². The van der Waals surface area contributed by atoms with Gasteiger partial charge >= 0.3 is 0 Å². The number of para-hydroxylation sites is 1. The van der Waals surface area contributed by atoms with E-state index in [2.05, 4.69) is 26.0 Å². The van der Waals surface area contributed by atoms with Crippen molar-refractivity contribution in [1.29, 1.82) is 0 Å². The highest BCUT2D eigenvalue weighted by Gasteiger charge is 2.22. The molecule has 0 saturated carbocycles. The summed E-state index contributed by atoms with van der Waals surface area (Å²) >= 11 is 0. The summed E-state index contributed by atoms with van der Waals surface area (Å²) in [5, 5.41) is 13.7. The molecule has 0 aliphatic carbocycles. The summed E-state index contributed by atoms with van der Waals surface area (Å²) in [5.41, 5.74) is 2.35. The normalized spacial score (nSPS) is 15.5. The predicted octanol–water partition coefficient (Wildman–Crippen LogP) is 2.18. The molecule has 33 heavy (non-hydrogen) atoms. The van der Waals surface area contributed by atoms with Gasteiger partial charge in [0.05, 0.1) is 24.5 Å². The summed E-state index contributed by atoms with van der Waals surface area (Å²) in [7, 11) is 1.76. The molecule has 1 saturated heterocycles. The Morgan fingerprint density at radius 2 is 2.00 bits per heavy atom. The number of anilines is 3. The van der Waals surface area contributed by atoms with E-state index in [1.54, 1.807) is 36.0 Å². The van der Waals surface area contributed by atoms with Crippen LogP contribution in [0.25, 0.3) is 11.3 Å². The molecule has 0 bridgehead atoms. The number of carbonyl (C=O) groups excluding carboxylic acids is 1. The Labute approximate surface area is 189 Å². The van der Waals surface area contributed by atoms with Crippen molar-refractivity contribution in [2.45, 2.75) is 12.5 Å². The van der Waals surface area contributed by atoms with Gasteiger partial charge < -0.3 is 20.7 Å². The average molecular weight is 445 g/mol. The van der Waals surface area contributed by atoms with E-state index in [-0.39, 0.29) is 17.5 Å². The van der Waals surface area contributed by atoms with Gasteiger partial charge in [-0.3, -0.25) is 14.2 Å². The molecule has 4 heterocycles. The molecule has 5 rings (SSSR count). The third-order valence-corrected chi connectivity index (χ3v) is 5.48. The van der Waals surface area contributed by atoms with Gasteiger partial charge in [-0.15, -0.1) is 5.10 Å². The van der Waals surface area contributed by atoms with Crippen LogP contribution in [0.1, 0.15) is 16.9 Å². The molecule has 1 aliphatic heterocycles. The van der Waals surface area contributed by atoms with Gasteiger partial charge in [0.2, 0.25) is 0 Å². The van der Waals surface area contributed by atoms with Crippen LogP contribution in [0, 0.1) is 0 Å². The Kier molecular flexibility index (Phi) is 5.49. The number of ether oxygens (including phenoxy) is 1. The maximum Gasteiger partial charge on any atom is 0.278 e. The lowest BCUT2D eigenvalue weighted by Crippen LogP contribution is -2.35. The molecule has 10 heteroatoms. The molecule has 1 atom stereocenters. The van der Waals surface area contributed by atoms with Gasteiger partial charge in [0.1, 0.15) is 5.69 Å². The van der Waals surface area contributed by atoms with Crippen molar-refractivity contribution in [3.63, 3.8) is 0 Å². The minimum absolute atomic E-state index is 0.0334. The molecule has 1 aliphatic rings. The zero-order valence-corrected chi connectivity index (χ0v) is 18.0. The molecule has 4 aromatic rings. The summed E-state index contributed by atoms with van der Waals surface area (Å²) in [6, 6.07) is 14.6. The summed E-state index contributed by atoms with van der Waals surface area (Å²) in [5.74, 6) is 0.113. The second kappa shape index (κ2) is 8.75. The maximum atomic E-state index is 13.1. The second-order valence-electron chi connectivity index (χ2n) is 7.66. The number of hydrogen-bond acceptors (Lipinski definition) is 7. The van der Waals surface area contributed by atoms with Gasteiger partial charge in [0.25, 0.3) is 11.5 Å². The van der Waals surface area contributed by atoms with Crippen molar-refractivity contribution < 1.29 is 9.53 Å². The van der Waals surface area contributed by atoms with Crippen LogP contribution in [-0.2, 0) is 4.74 Å². The number of hydrogen-bond donors (Lipinski definition) is 3. The van der Waals surface area contributed by atoms with Gasteiger partial charge in [0, 0.05) is 31.6 Å². The predicted molar refractivity (Wildman–Crippen MR) is 125 cm³/mol. The van der Waals surface area contributed by atoms with E-state index in [1.807, 2.05) is 30.3 Å². The van der Waals surface area contributed by atoms with Crippen molar-refractivity contribution in [3.05, 3.63) is 77.0 Å². The Morgan fingerprint density at radius 1 is 1.15 bits per heavy atom. The van der Waals surface area contributed by atoms with Crippen molar-refractivity contribution in [2.75, 3.05) is 30.9 Å². The molecule has 3 aromatic heterocycles. The SMILES string of the molecule is CNc1cc(Nc2cccn(-c3ccccc3)c2=O)nn2c(C(=O)NC3CCOC3)cnc12. The molecule has 1 fully saturated rings. The van der Waals surface area contributed by atoms with E-state index in [4.69, 9.17) is 4.74 Å². The molecule has 1 unspecified atom stereocenters. The second-order valence-corrected chi connectivity index (χ2v) is 7.66. The summed E-state index contributed by atoms with van der Waals surface area (Å²) in [6.45, 7) is 1.12. The number of aromatic nitrogens is 4. The number of fused-ring (bicyclic) bond motifs is 1. The van der Waals surface area contributed by atoms with E-state index in [0.29, 0.717) is 41.7 Å². The van der Waals surface area contributed by atoms with Crippen molar-refractivity contribution in [1.82, 2.24) is 24.5 Å². The Hall–Kier alpha value is -4.18. The van der Waals surface area contributed by atoms with Gasteiger partial charge in [-0.05, 0) is 30.7 Å². The Bertz CT molecular complexity index is 1360. The van der Waals surface area contributed by atoms with E-state index < -0.39 is 0 Å². The molecule has 168 valence electrons. The molecule has 0 radical (unpaired) electrons. The first-order valence-corrected chi connectivity index (χ1v) is 10.6. The summed E-state index contributed by atoms with van der Waals surface area (Å²) in [4.78, 5) is 30.3. The van der Waals surface area contributed by atoms with Crippen LogP contribution < -0.4 is 21.5 Å².